The van der Waals surface area contributed by atoms with Gasteiger partial charge in [-0.3, -0.25) is 0 Å². The topological polar surface area (TPSA) is 41.1 Å². The van der Waals surface area contributed by atoms with E-state index in [2.05, 4.69) is 55.7 Å². The molecule has 2 aromatic carbocycles. The minimum absolute atomic E-state index is 0.137. The minimum atomic E-state index is -0.247. The van der Waals surface area contributed by atoms with Crippen molar-refractivity contribution in [1.82, 2.24) is 10.6 Å². The fourth-order valence-corrected chi connectivity index (χ4v) is 2.44. The predicted octanol–water partition coefficient (Wildman–Crippen LogP) is 3.95. The van der Waals surface area contributed by atoms with E-state index in [4.69, 9.17) is 0 Å². The third-order valence-electron chi connectivity index (χ3n) is 4.14. The number of benzene rings is 2. The first kappa shape index (κ1) is 18.0. The van der Waals surface area contributed by atoms with Gasteiger partial charge in [0.15, 0.2) is 0 Å². The molecule has 0 aliphatic rings. The van der Waals surface area contributed by atoms with Crippen LogP contribution in [0.5, 0.6) is 0 Å². The maximum atomic E-state index is 12.8. The summed E-state index contributed by atoms with van der Waals surface area (Å²) >= 11 is 0. The zero-order valence-electron chi connectivity index (χ0n) is 14.5. The average molecular weight is 328 g/mol. The standard InChI is InChI=1S/C20H25FN2O/c1-15-4-8-17(9-5-15)20(2,3)14-23-19(24)22-13-12-16-6-10-18(21)11-7-16/h4-11H,12-14H2,1-3H3,(H2,22,23,24). The van der Waals surface area contributed by atoms with Crippen LogP contribution in [-0.4, -0.2) is 19.1 Å². The lowest BCUT2D eigenvalue weighted by Crippen LogP contribution is -2.42. The van der Waals surface area contributed by atoms with Crippen LogP contribution < -0.4 is 10.6 Å². The monoisotopic (exact) mass is 328 g/mol. The Morgan fingerprint density at radius 3 is 2.25 bits per heavy atom. The molecule has 0 saturated carbocycles. The van der Waals surface area contributed by atoms with E-state index in [1.54, 1.807) is 12.1 Å². The van der Waals surface area contributed by atoms with Gasteiger partial charge in [-0.1, -0.05) is 55.8 Å². The van der Waals surface area contributed by atoms with Crippen molar-refractivity contribution < 1.29 is 9.18 Å². The first-order valence-corrected chi connectivity index (χ1v) is 8.20. The summed E-state index contributed by atoms with van der Waals surface area (Å²) in [6.45, 7) is 7.34. The van der Waals surface area contributed by atoms with Crippen LogP contribution >= 0.6 is 0 Å². The molecule has 3 nitrogen and oxygen atoms in total. The van der Waals surface area contributed by atoms with E-state index in [0.29, 0.717) is 19.5 Å². The van der Waals surface area contributed by atoms with E-state index < -0.39 is 0 Å². The molecule has 2 amide bonds. The third-order valence-corrected chi connectivity index (χ3v) is 4.14. The number of hydrogen-bond acceptors (Lipinski definition) is 1. The average Bonchev–Trinajstić information content (AvgIpc) is 2.55. The van der Waals surface area contributed by atoms with Crippen LogP contribution in [0.15, 0.2) is 48.5 Å². The van der Waals surface area contributed by atoms with Crippen LogP contribution in [0.3, 0.4) is 0 Å². The number of aryl methyl sites for hydroxylation is 1. The maximum absolute atomic E-state index is 12.8. The summed E-state index contributed by atoms with van der Waals surface area (Å²) in [6, 6.07) is 14.5. The van der Waals surface area contributed by atoms with Crippen LogP contribution in [0.1, 0.15) is 30.5 Å². The van der Waals surface area contributed by atoms with Gasteiger partial charge in [0, 0.05) is 18.5 Å². The second kappa shape index (κ2) is 7.95. The second-order valence-corrected chi connectivity index (χ2v) is 6.74. The lowest BCUT2D eigenvalue weighted by Gasteiger charge is -2.26. The first-order valence-electron chi connectivity index (χ1n) is 8.20. The normalized spacial score (nSPS) is 11.2. The predicted molar refractivity (Wildman–Crippen MR) is 95.7 cm³/mol. The fraction of sp³-hybridized carbons (Fsp3) is 0.350. The van der Waals surface area contributed by atoms with Crippen LogP contribution in [0.4, 0.5) is 9.18 Å². The number of halogens is 1. The SMILES string of the molecule is Cc1ccc(C(C)(C)CNC(=O)NCCc2ccc(F)cc2)cc1. The molecular formula is C20H25FN2O. The fourth-order valence-electron chi connectivity index (χ4n) is 2.44. The molecule has 0 aliphatic carbocycles. The van der Waals surface area contributed by atoms with Gasteiger partial charge in [-0.25, -0.2) is 9.18 Å². The maximum Gasteiger partial charge on any atom is 0.314 e. The van der Waals surface area contributed by atoms with Crippen LogP contribution in [0, 0.1) is 12.7 Å². The molecule has 0 unspecified atom stereocenters. The molecule has 0 spiro atoms. The third kappa shape index (κ3) is 5.37. The Morgan fingerprint density at radius 1 is 1.00 bits per heavy atom. The molecule has 0 aliphatic heterocycles. The summed E-state index contributed by atoms with van der Waals surface area (Å²) in [5.41, 5.74) is 3.28. The lowest BCUT2D eigenvalue weighted by atomic mass is 9.84. The molecular weight excluding hydrogens is 303 g/mol. The molecule has 0 radical (unpaired) electrons. The highest BCUT2D eigenvalue weighted by atomic mass is 19.1. The minimum Gasteiger partial charge on any atom is -0.338 e. The summed E-state index contributed by atoms with van der Waals surface area (Å²) < 4.78 is 12.8. The molecule has 128 valence electrons. The number of carbonyl (C=O) groups excluding carboxylic acids is 1. The summed E-state index contributed by atoms with van der Waals surface area (Å²) in [5.74, 6) is -0.247. The Hall–Kier alpha value is -2.36. The van der Waals surface area contributed by atoms with Gasteiger partial charge < -0.3 is 10.6 Å². The van der Waals surface area contributed by atoms with E-state index >= 15 is 0 Å². The Morgan fingerprint density at radius 2 is 1.62 bits per heavy atom. The molecule has 0 bridgehead atoms. The van der Waals surface area contributed by atoms with E-state index in [1.165, 1.54) is 23.3 Å². The molecule has 0 aromatic heterocycles. The molecule has 0 atom stereocenters. The van der Waals surface area contributed by atoms with Gasteiger partial charge in [-0.2, -0.15) is 0 Å². The summed E-state index contributed by atoms with van der Waals surface area (Å²) in [4.78, 5) is 11.9. The number of carbonyl (C=O) groups is 1. The van der Waals surface area contributed by atoms with Crippen LogP contribution in [-0.2, 0) is 11.8 Å². The number of hydrogen-bond donors (Lipinski definition) is 2. The van der Waals surface area contributed by atoms with Crippen molar-refractivity contribution in [1.29, 1.82) is 0 Å². The van der Waals surface area contributed by atoms with Crippen molar-refractivity contribution in [2.24, 2.45) is 0 Å². The van der Waals surface area contributed by atoms with Gasteiger partial charge in [0.2, 0.25) is 0 Å². The van der Waals surface area contributed by atoms with Gasteiger partial charge in [0.05, 0.1) is 0 Å². The molecule has 0 saturated heterocycles. The number of amides is 2. The first-order chi connectivity index (χ1) is 11.4. The Labute approximate surface area is 143 Å². The molecule has 4 heteroatoms. The van der Waals surface area contributed by atoms with E-state index in [-0.39, 0.29) is 17.3 Å². The Bertz CT molecular complexity index is 663. The number of nitrogens with one attached hydrogen (secondary N) is 2. The zero-order valence-corrected chi connectivity index (χ0v) is 14.5. The molecule has 0 heterocycles. The Balaban J connectivity index is 1.75. The van der Waals surface area contributed by atoms with Crippen molar-refractivity contribution in [2.45, 2.75) is 32.6 Å². The van der Waals surface area contributed by atoms with Crippen molar-refractivity contribution in [3.05, 3.63) is 71.0 Å². The highest BCUT2D eigenvalue weighted by molar-refractivity contribution is 5.73. The molecule has 2 N–H and O–H groups in total. The Kier molecular flexibility index (Phi) is 5.96. The molecule has 24 heavy (non-hydrogen) atoms. The van der Waals surface area contributed by atoms with Gasteiger partial charge in [-0.05, 0) is 36.6 Å². The lowest BCUT2D eigenvalue weighted by molar-refractivity contribution is 0.238. The van der Waals surface area contributed by atoms with Gasteiger partial charge in [0.1, 0.15) is 5.82 Å². The van der Waals surface area contributed by atoms with E-state index in [9.17, 15) is 9.18 Å². The van der Waals surface area contributed by atoms with Crippen molar-refractivity contribution in [2.75, 3.05) is 13.1 Å². The largest absolute Gasteiger partial charge is 0.338 e. The highest BCUT2D eigenvalue weighted by Gasteiger charge is 2.21. The summed E-state index contributed by atoms with van der Waals surface area (Å²) in [6.07, 6.45) is 0.676. The van der Waals surface area contributed by atoms with Gasteiger partial charge >= 0.3 is 6.03 Å². The zero-order chi connectivity index (χ0) is 17.6. The molecule has 2 aromatic rings. The second-order valence-electron chi connectivity index (χ2n) is 6.74. The van der Waals surface area contributed by atoms with Crippen molar-refractivity contribution >= 4 is 6.03 Å². The smallest absolute Gasteiger partial charge is 0.314 e. The summed E-state index contributed by atoms with van der Waals surface area (Å²) in [7, 11) is 0. The highest BCUT2D eigenvalue weighted by Crippen LogP contribution is 2.22. The summed E-state index contributed by atoms with van der Waals surface area (Å²) in [5, 5.41) is 5.76. The molecule has 2 rings (SSSR count). The number of rotatable bonds is 6. The van der Waals surface area contributed by atoms with E-state index in [1.807, 2.05) is 0 Å². The number of urea groups is 1. The quantitative estimate of drug-likeness (QED) is 0.828. The van der Waals surface area contributed by atoms with Crippen LogP contribution in [0.25, 0.3) is 0 Å². The molecule has 0 fully saturated rings. The van der Waals surface area contributed by atoms with Crippen LogP contribution in [0.2, 0.25) is 0 Å². The van der Waals surface area contributed by atoms with Crippen molar-refractivity contribution in [3.8, 4) is 0 Å². The van der Waals surface area contributed by atoms with E-state index in [0.717, 1.165) is 5.56 Å². The van der Waals surface area contributed by atoms with Crippen molar-refractivity contribution in [3.63, 3.8) is 0 Å². The van der Waals surface area contributed by atoms with Gasteiger partial charge in [0.25, 0.3) is 0 Å². The van der Waals surface area contributed by atoms with Gasteiger partial charge in [-0.15, -0.1) is 0 Å².